The van der Waals surface area contributed by atoms with E-state index in [0.29, 0.717) is 28.8 Å². The second kappa shape index (κ2) is 6.03. The standard InChI is InChI=1S/C17H15Cl2N3/c1-2-9-21-15-5-3-4-6-16(15)22(17(21)20)11-12-7-8-13(18)14(19)10-12/h2-8,10,20H,1,9,11H2. The van der Waals surface area contributed by atoms with Crippen LogP contribution in [0.2, 0.25) is 10.0 Å². The molecule has 5 heteroatoms. The number of fused-ring (bicyclic) bond motifs is 1. The van der Waals surface area contributed by atoms with E-state index in [1.54, 1.807) is 12.1 Å². The van der Waals surface area contributed by atoms with E-state index in [9.17, 15) is 0 Å². The van der Waals surface area contributed by atoms with Gasteiger partial charge in [0.05, 0.1) is 27.6 Å². The zero-order chi connectivity index (χ0) is 15.7. The quantitative estimate of drug-likeness (QED) is 0.685. The van der Waals surface area contributed by atoms with Gasteiger partial charge in [-0.25, -0.2) is 0 Å². The van der Waals surface area contributed by atoms with Gasteiger partial charge in [-0.3, -0.25) is 5.41 Å². The molecule has 3 nitrogen and oxygen atoms in total. The summed E-state index contributed by atoms with van der Waals surface area (Å²) in [5.74, 6) is 0. The molecule has 0 aliphatic carbocycles. The lowest BCUT2D eigenvalue weighted by molar-refractivity contribution is 0.671. The van der Waals surface area contributed by atoms with Crippen LogP contribution in [-0.4, -0.2) is 9.13 Å². The summed E-state index contributed by atoms with van der Waals surface area (Å²) in [5.41, 5.74) is 3.48. The van der Waals surface area contributed by atoms with Crippen LogP contribution in [0, 0.1) is 5.41 Å². The van der Waals surface area contributed by atoms with E-state index < -0.39 is 0 Å². The number of hydrogen-bond acceptors (Lipinski definition) is 1. The van der Waals surface area contributed by atoms with Crippen molar-refractivity contribution in [2.45, 2.75) is 13.1 Å². The zero-order valence-corrected chi connectivity index (χ0v) is 13.4. The molecule has 0 aliphatic rings. The van der Waals surface area contributed by atoms with Gasteiger partial charge in [0.15, 0.2) is 0 Å². The average Bonchev–Trinajstić information content (AvgIpc) is 2.77. The molecular formula is C17H15Cl2N3. The van der Waals surface area contributed by atoms with Gasteiger partial charge in [0, 0.05) is 6.54 Å². The SMILES string of the molecule is C=CCn1c(=N)n(Cc2ccc(Cl)c(Cl)c2)c2ccccc21. The number of benzene rings is 2. The third-order valence-electron chi connectivity index (χ3n) is 3.61. The molecule has 0 amide bonds. The molecule has 0 fully saturated rings. The Bertz CT molecular complexity index is 906. The topological polar surface area (TPSA) is 33.7 Å². The Morgan fingerprint density at radius 2 is 1.68 bits per heavy atom. The first-order chi connectivity index (χ1) is 10.6. The molecule has 0 saturated heterocycles. The molecule has 0 saturated carbocycles. The highest BCUT2D eigenvalue weighted by Gasteiger charge is 2.10. The predicted octanol–water partition coefficient (Wildman–Crippen LogP) is 4.46. The Morgan fingerprint density at radius 1 is 1.00 bits per heavy atom. The molecule has 1 N–H and O–H groups in total. The summed E-state index contributed by atoms with van der Waals surface area (Å²) in [6.07, 6.45) is 1.80. The van der Waals surface area contributed by atoms with Gasteiger partial charge in [-0.15, -0.1) is 6.58 Å². The van der Waals surface area contributed by atoms with Crippen molar-refractivity contribution in [2.24, 2.45) is 0 Å². The summed E-state index contributed by atoms with van der Waals surface area (Å²) in [6.45, 7) is 4.95. The number of nitrogens with one attached hydrogen (secondary N) is 1. The number of hydrogen-bond donors (Lipinski definition) is 1. The fourth-order valence-corrected chi connectivity index (χ4v) is 2.91. The minimum atomic E-state index is 0.437. The lowest BCUT2D eigenvalue weighted by Gasteiger charge is -2.06. The molecule has 0 bridgehead atoms. The van der Waals surface area contributed by atoms with E-state index in [1.165, 1.54) is 0 Å². The molecule has 0 spiro atoms. The van der Waals surface area contributed by atoms with Gasteiger partial charge < -0.3 is 9.13 Å². The van der Waals surface area contributed by atoms with Crippen LogP contribution in [0.1, 0.15) is 5.56 Å². The van der Waals surface area contributed by atoms with Crippen LogP contribution in [-0.2, 0) is 13.1 Å². The van der Waals surface area contributed by atoms with Crippen LogP contribution in [0.25, 0.3) is 11.0 Å². The van der Waals surface area contributed by atoms with Crippen molar-refractivity contribution in [3.63, 3.8) is 0 Å². The summed E-state index contributed by atoms with van der Waals surface area (Å²) < 4.78 is 3.89. The van der Waals surface area contributed by atoms with E-state index in [0.717, 1.165) is 16.6 Å². The summed E-state index contributed by atoms with van der Waals surface area (Å²) >= 11 is 12.1. The maximum absolute atomic E-state index is 8.44. The molecule has 0 radical (unpaired) electrons. The largest absolute Gasteiger partial charge is 0.307 e. The van der Waals surface area contributed by atoms with Crippen molar-refractivity contribution >= 4 is 34.2 Å². The Labute approximate surface area is 138 Å². The van der Waals surface area contributed by atoms with Crippen molar-refractivity contribution in [3.8, 4) is 0 Å². The molecule has 0 unspecified atom stereocenters. The van der Waals surface area contributed by atoms with E-state index >= 15 is 0 Å². The predicted molar refractivity (Wildman–Crippen MR) is 91.5 cm³/mol. The Kier molecular flexibility index (Phi) is 4.10. The van der Waals surface area contributed by atoms with E-state index in [2.05, 4.69) is 6.58 Å². The maximum Gasteiger partial charge on any atom is 0.203 e. The van der Waals surface area contributed by atoms with Gasteiger partial charge >= 0.3 is 0 Å². The zero-order valence-electron chi connectivity index (χ0n) is 11.9. The fourth-order valence-electron chi connectivity index (χ4n) is 2.59. The van der Waals surface area contributed by atoms with Crippen molar-refractivity contribution < 1.29 is 0 Å². The van der Waals surface area contributed by atoms with Crippen molar-refractivity contribution in [2.75, 3.05) is 0 Å². The van der Waals surface area contributed by atoms with Crippen LogP contribution in [0.3, 0.4) is 0 Å². The van der Waals surface area contributed by atoms with Crippen LogP contribution in [0.5, 0.6) is 0 Å². The fraction of sp³-hybridized carbons (Fsp3) is 0.118. The molecule has 3 rings (SSSR count). The van der Waals surface area contributed by atoms with Gasteiger partial charge in [-0.05, 0) is 29.8 Å². The molecule has 0 atom stereocenters. The molecule has 1 heterocycles. The second-order valence-corrected chi connectivity index (χ2v) is 5.86. The Morgan fingerprint density at radius 3 is 2.32 bits per heavy atom. The number of para-hydroxylation sites is 2. The van der Waals surface area contributed by atoms with Gasteiger partial charge in [-0.2, -0.15) is 0 Å². The van der Waals surface area contributed by atoms with E-state index in [4.69, 9.17) is 28.6 Å². The van der Waals surface area contributed by atoms with Crippen LogP contribution in [0.4, 0.5) is 0 Å². The highest BCUT2D eigenvalue weighted by atomic mass is 35.5. The number of halogens is 2. The number of rotatable bonds is 4. The molecular weight excluding hydrogens is 317 g/mol. The minimum Gasteiger partial charge on any atom is -0.307 e. The Hall–Kier alpha value is -1.97. The van der Waals surface area contributed by atoms with Gasteiger partial charge in [-0.1, -0.05) is 47.5 Å². The van der Waals surface area contributed by atoms with E-state index in [1.807, 2.05) is 45.5 Å². The number of nitrogens with zero attached hydrogens (tertiary/aromatic N) is 2. The average molecular weight is 332 g/mol. The van der Waals surface area contributed by atoms with Crippen LogP contribution >= 0.6 is 23.2 Å². The monoisotopic (exact) mass is 331 g/mol. The van der Waals surface area contributed by atoms with Gasteiger partial charge in [0.1, 0.15) is 0 Å². The lowest BCUT2D eigenvalue weighted by Crippen LogP contribution is -2.24. The third-order valence-corrected chi connectivity index (χ3v) is 4.35. The third kappa shape index (κ3) is 2.58. The smallest absolute Gasteiger partial charge is 0.203 e. The van der Waals surface area contributed by atoms with Crippen molar-refractivity contribution in [1.82, 2.24) is 9.13 Å². The molecule has 3 aromatic rings. The first-order valence-corrected chi connectivity index (χ1v) is 7.65. The van der Waals surface area contributed by atoms with Gasteiger partial charge in [0.2, 0.25) is 5.62 Å². The lowest BCUT2D eigenvalue weighted by atomic mass is 10.2. The highest BCUT2D eigenvalue weighted by Crippen LogP contribution is 2.23. The summed E-state index contributed by atoms with van der Waals surface area (Å²) in [7, 11) is 0. The molecule has 1 aromatic heterocycles. The van der Waals surface area contributed by atoms with Crippen molar-refractivity contribution in [3.05, 3.63) is 76.3 Å². The highest BCUT2D eigenvalue weighted by molar-refractivity contribution is 6.42. The normalized spacial score (nSPS) is 11.0. The molecule has 112 valence electrons. The minimum absolute atomic E-state index is 0.437. The van der Waals surface area contributed by atoms with E-state index in [-0.39, 0.29) is 0 Å². The number of imidazole rings is 1. The van der Waals surface area contributed by atoms with Gasteiger partial charge in [0.25, 0.3) is 0 Å². The maximum atomic E-state index is 8.44. The number of aromatic nitrogens is 2. The summed E-state index contributed by atoms with van der Waals surface area (Å²) in [4.78, 5) is 0. The molecule has 2 aromatic carbocycles. The number of allylic oxidation sites excluding steroid dienone is 1. The summed E-state index contributed by atoms with van der Waals surface area (Å²) in [6, 6.07) is 13.5. The first kappa shape index (κ1) is 14.9. The summed E-state index contributed by atoms with van der Waals surface area (Å²) in [5, 5.41) is 9.51. The Balaban J connectivity index is 2.14. The second-order valence-electron chi connectivity index (χ2n) is 5.05. The van der Waals surface area contributed by atoms with Crippen LogP contribution < -0.4 is 5.62 Å². The molecule has 0 aliphatic heterocycles. The first-order valence-electron chi connectivity index (χ1n) is 6.89. The molecule has 22 heavy (non-hydrogen) atoms. The van der Waals surface area contributed by atoms with Crippen LogP contribution in [0.15, 0.2) is 55.1 Å². The van der Waals surface area contributed by atoms with Crippen molar-refractivity contribution in [1.29, 1.82) is 5.41 Å².